The highest BCUT2D eigenvalue weighted by Crippen LogP contribution is 2.33. The van der Waals surface area contributed by atoms with Gasteiger partial charge in [0.15, 0.2) is 0 Å². The summed E-state index contributed by atoms with van der Waals surface area (Å²) in [6.45, 7) is 17.1. The molecule has 0 unspecified atom stereocenters. The first kappa shape index (κ1) is 16.8. The van der Waals surface area contributed by atoms with E-state index in [0.717, 1.165) is 11.1 Å². The molecular weight excluding hydrogens is 268 g/mol. The number of benzene rings is 2. The van der Waals surface area contributed by atoms with E-state index in [1.165, 1.54) is 44.5 Å². The average molecular weight is 296 g/mol. The highest BCUT2D eigenvalue weighted by atomic mass is 16.3. The predicted octanol–water partition coefficient (Wildman–Crippen LogP) is 5.24. The molecule has 118 valence electrons. The Bertz CT molecular complexity index is 675. The van der Waals surface area contributed by atoms with E-state index in [1.807, 2.05) is 0 Å². The molecule has 0 saturated carbocycles. The third-order valence-corrected chi connectivity index (χ3v) is 5.63. The molecule has 0 aliphatic heterocycles. The Hall–Kier alpha value is -1.60. The van der Waals surface area contributed by atoms with E-state index in [-0.39, 0.29) is 0 Å². The van der Waals surface area contributed by atoms with Gasteiger partial charge in [0.1, 0.15) is 6.10 Å². The van der Waals surface area contributed by atoms with Crippen molar-refractivity contribution in [2.45, 2.75) is 61.5 Å². The molecule has 1 N–H and O–H groups in total. The molecule has 0 aromatic heterocycles. The molecular formula is C21H28O. The van der Waals surface area contributed by atoms with Gasteiger partial charge in [0.2, 0.25) is 0 Å². The van der Waals surface area contributed by atoms with Crippen LogP contribution in [-0.4, -0.2) is 5.11 Å². The van der Waals surface area contributed by atoms with Gasteiger partial charge < -0.3 is 5.11 Å². The molecule has 0 heterocycles. The second-order valence-corrected chi connectivity index (χ2v) is 6.72. The van der Waals surface area contributed by atoms with Crippen molar-refractivity contribution in [2.75, 3.05) is 0 Å². The summed E-state index contributed by atoms with van der Waals surface area (Å²) in [5.41, 5.74) is 12.2. The van der Waals surface area contributed by atoms with Crippen LogP contribution in [0.15, 0.2) is 12.1 Å². The molecule has 22 heavy (non-hydrogen) atoms. The molecule has 0 radical (unpaired) electrons. The maximum atomic E-state index is 11.0. The molecule has 0 spiro atoms. The molecule has 2 rings (SSSR count). The number of hydrogen-bond acceptors (Lipinski definition) is 1. The largest absolute Gasteiger partial charge is 0.384 e. The molecule has 1 heteroatoms. The average Bonchev–Trinajstić information content (AvgIpc) is 2.49. The Kier molecular flexibility index (Phi) is 4.49. The molecule has 2 aromatic rings. The highest BCUT2D eigenvalue weighted by molar-refractivity contribution is 5.51. The zero-order chi connectivity index (χ0) is 16.8. The molecule has 2 aromatic carbocycles. The third-order valence-electron chi connectivity index (χ3n) is 5.63. The van der Waals surface area contributed by atoms with Gasteiger partial charge in [-0.05, 0) is 111 Å². The van der Waals surface area contributed by atoms with E-state index >= 15 is 0 Å². The Morgan fingerprint density at radius 2 is 0.864 bits per heavy atom. The summed E-state index contributed by atoms with van der Waals surface area (Å²) >= 11 is 0. The normalized spacial score (nSPS) is 11.4. The second-order valence-electron chi connectivity index (χ2n) is 6.72. The minimum atomic E-state index is -0.559. The van der Waals surface area contributed by atoms with Crippen LogP contribution in [0.4, 0.5) is 0 Å². The van der Waals surface area contributed by atoms with Crippen molar-refractivity contribution >= 4 is 0 Å². The van der Waals surface area contributed by atoms with Crippen molar-refractivity contribution in [3.63, 3.8) is 0 Å². The third kappa shape index (κ3) is 2.59. The van der Waals surface area contributed by atoms with Crippen molar-refractivity contribution in [1.29, 1.82) is 0 Å². The highest BCUT2D eigenvalue weighted by Gasteiger charge is 2.20. The number of aliphatic hydroxyl groups is 1. The SMILES string of the molecule is Cc1cc(C(O)c2cc(C)c(C)c(C)c2C)c(C)c(C)c1C. The Labute approximate surface area is 135 Å². The molecule has 0 bridgehead atoms. The van der Waals surface area contributed by atoms with Gasteiger partial charge in [0.25, 0.3) is 0 Å². The van der Waals surface area contributed by atoms with E-state index in [4.69, 9.17) is 0 Å². The van der Waals surface area contributed by atoms with Crippen molar-refractivity contribution in [3.05, 3.63) is 67.8 Å². The number of rotatable bonds is 2. The molecule has 1 nitrogen and oxygen atoms in total. The number of aliphatic hydroxyl groups excluding tert-OH is 1. The van der Waals surface area contributed by atoms with E-state index in [0.29, 0.717) is 0 Å². The quantitative estimate of drug-likeness (QED) is 0.804. The lowest BCUT2D eigenvalue weighted by atomic mass is 9.86. The molecule has 0 amide bonds. The first-order valence-electron chi connectivity index (χ1n) is 7.99. The summed E-state index contributed by atoms with van der Waals surface area (Å²) in [4.78, 5) is 0. The zero-order valence-electron chi connectivity index (χ0n) is 15.2. The fraction of sp³-hybridized carbons (Fsp3) is 0.429. The standard InChI is InChI=1S/C21H28O/c1-11-9-19(17(7)15(5)13(11)3)21(22)20-10-12(2)14(4)16(6)18(20)8/h9-10,21-22H,1-8H3. The van der Waals surface area contributed by atoms with Gasteiger partial charge in [-0.3, -0.25) is 0 Å². The lowest BCUT2D eigenvalue weighted by Gasteiger charge is -2.22. The fourth-order valence-electron chi connectivity index (χ4n) is 3.22. The van der Waals surface area contributed by atoms with Crippen LogP contribution in [0.2, 0.25) is 0 Å². The predicted molar refractivity (Wildman–Crippen MR) is 94.8 cm³/mol. The van der Waals surface area contributed by atoms with Crippen LogP contribution in [0.25, 0.3) is 0 Å². The maximum absolute atomic E-state index is 11.0. The summed E-state index contributed by atoms with van der Waals surface area (Å²) in [7, 11) is 0. The van der Waals surface area contributed by atoms with Crippen LogP contribution in [0.5, 0.6) is 0 Å². The van der Waals surface area contributed by atoms with Crippen LogP contribution >= 0.6 is 0 Å². The van der Waals surface area contributed by atoms with Gasteiger partial charge in [-0.25, -0.2) is 0 Å². The van der Waals surface area contributed by atoms with Crippen molar-refractivity contribution in [2.24, 2.45) is 0 Å². The fourth-order valence-corrected chi connectivity index (χ4v) is 3.22. The summed E-state index contributed by atoms with van der Waals surface area (Å²) in [6.07, 6.45) is -0.559. The van der Waals surface area contributed by atoms with Crippen LogP contribution in [0.1, 0.15) is 61.7 Å². The van der Waals surface area contributed by atoms with E-state index < -0.39 is 6.10 Å². The van der Waals surface area contributed by atoms with E-state index in [1.54, 1.807) is 0 Å². The molecule has 0 saturated heterocycles. The van der Waals surface area contributed by atoms with Crippen LogP contribution in [0.3, 0.4) is 0 Å². The van der Waals surface area contributed by atoms with Gasteiger partial charge >= 0.3 is 0 Å². The van der Waals surface area contributed by atoms with Gasteiger partial charge in [-0.1, -0.05) is 12.1 Å². The first-order valence-corrected chi connectivity index (χ1v) is 7.99. The Morgan fingerprint density at radius 1 is 0.545 bits per heavy atom. The zero-order valence-corrected chi connectivity index (χ0v) is 15.2. The van der Waals surface area contributed by atoms with Gasteiger partial charge in [0.05, 0.1) is 0 Å². The second kappa shape index (κ2) is 5.89. The molecule has 0 aliphatic carbocycles. The van der Waals surface area contributed by atoms with Crippen LogP contribution in [-0.2, 0) is 0 Å². The first-order chi connectivity index (χ1) is 10.2. The molecule has 0 fully saturated rings. The smallest absolute Gasteiger partial charge is 0.105 e. The number of aryl methyl sites for hydroxylation is 2. The summed E-state index contributed by atoms with van der Waals surface area (Å²) in [6, 6.07) is 4.29. The summed E-state index contributed by atoms with van der Waals surface area (Å²) in [5, 5.41) is 11.0. The number of hydrogen-bond donors (Lipinski definition) is 1. The lowest BCUT2D eigenvalue weighted by Crippen LogP contribution is -2.09. The molecule has 0 aliphatic rings. The lowest BCUT2D eigenvalue weighted by molar-refractivity contribution is 0.218. The van der Waals surface area contributed by atoms with Gasteiger partial charge in [-0.15, -0.1) is 0 Å². The van der Waals surface area contributed by atoms with E-state index in [9.17, 15) is 5.11 Å². The van der Waals surface area contributed by atoms with Gasteiger partial charge in [-0.2, -0.15) is 0 Å². The van der Waals surface area contributed by atoms with Gasteiger partial charge in [0, 0.05) is 0 Å². The topological polar surface area (TPSA) is 20.2 Å². The van der Waals surface area contributed by atoms with Crippen molar-refractivity contribution < 1.29 is 5.11 Å². The summed E-state index contributed by atoms with van der Waals surface area (Å²) in [5.74, 6) is 0. The van der Waals surface area contributed by atoms with Crippen molar-refractivity contribution in [1.82, 2.24) is 0 Å². The maximum Gasteiger partial charge on any atom is 0.105 e. The van der Waals surface area contributed by atoms with E-state index in [2.05, 4.69) is 67.5 Å². The Balaban J connectivity index is 2.66. The summed E-state index contributed by atoms with van der Waals surface area (Å²) < 4.78 is 0. The molecule has 0 atom stereocenters. The minimum absolute atomic E-state index is 0.559. The Morgan fingerprint density at radius 3 is 1.18 bits per heavy atom. The minimum Gasteiger partial charge on any atom is -0.384 e. The monoisotopic (exact) mass is 296 g/mol. The van der Waals surface area contributed by atoms with Crippen LogP contribution in [0, 0.1) is 55.4 Å². The van der Waals surface area contributed by atoms with Crippen LogP contribution < -0.4 is 0 Å². The van der Waals surface area contributed by atoms with Crippen molar-refractivity contribution in [3.8, 4) is 0 Å².